The molecule has 0 bridgehead atoms. The number of hydrogen-bond donors (Lipinski definition) is 0. The van der Waals surface area contributed by atoms with Crippen LogP contribution in [0.25, 0.3) is 11.1 Å². The lowest BCUT2D eigenvalue weighted by Gasteiger charge is -2.27. The van der Waals surface area contributed by atoms with Gasteiger partial charge in [-0.3, -0.25) is 9.48 Å². The first kappa shape index (κ1) is 21.8. The third kappa shape index (κ3) is 3.48. The average molecular weight is 460 g/mol. The number of aryl methyl sites for hydroxylation is 1. The van der Waals surface area contributed by atoms with Gasteiger partial charge in [0.25, 0.3) is 0 Å². The van der Waals surface area contributed by atoms with Gasteiger partial charge in [-0.25, -0.2) is 4.39 Å². The fourth-order valence-electron chi connectivity index (χ4n) is 3.95. The summed E-state index contributed by atoms with van der Waals surface area (Å²) in [5.41, 5.74) is -1.10. The quantitative estimate of drug-likeness (QED) is 0.393. The van der Waals surface area contributed by atoms with Crippen LogP contribution in [-0.4, -0.2) is 20.6 Å². The molecule has 0 fully saturated rings. The SMILES string of the molecule is C=CC(=O)N1Cc2sc(C#N)cc2[C@@H]1c1cccc(F)c1-c1cn(CC)nc1C(F)(F)F. The molecule has 32 heavy (non-hydrogen) atoms. The third-order valence-corrected chi connectivity index (χ3v) is 6.33. The molecular weight excluding hydrogens is 444 g/mol. The van der Waals surface area contributed by atoms with E-state index in [-0.39, 0.29) is 24.2 Å². The topological polar surface area (TPSA) is 61.9 Å². The number of nitrogens with zero attached hydrogens (tertiary/aromatic N) is 4. The number of fused-ring (bicyclic) bond motifs is 1. The van der Waals surface area contributed by atoms with Crippen molar-refractivity contribution in [3.63, 3.8) is 0 Å². The third-order valence-electron chi connectivity index (χ3n) is 5.29. The zero-order chi connectivity index (χ0) is 23.2. The van der Waals surface area contributed by atoms with Gasteiger partial charge in [0, 0.05) is 28.7 Å². The molecule has 0 unspecified atom stereocenters. The van der Waals surface area contributed by atoms with Gasteiger partial charge in [-0.05, 0) is 36.3 Å². The summed E-state index contributed by atoms with van der Waals surface area (Å²) in [6.45, 7) is 5.43. The van der Waals surface area contributed by atoms with Gasteiger partial charge in [-0.1, -0.05) is 18.7 Å². The molecular formula is C22H16F4N4OS. The maximum atomic E-state index is 15.2. The van der Waals surface area contributed by atoms with Crippen molar-refractivity contribution < 1.29 is 22.4 Å². The van der Waals surface area contributed by atoms with Crippen molar-refractivity contribution in [2.45, 2.75) is 32.2 Å². The second kappa shape index (κ2) is 7.91. The number of alkyl halides is 3. The maximum absolute atomic E-state index is 15.2. The Morgan fingerprint density at radius 2 is 2.16 bits per heavy atom. The molecule has 1 amide bonds. The number of benzene rings is 1. The van der Waals surface area contributed by atoms with E-state index in [2.05, 4.69) is 11.7 Å². The van der Waals surface area contributed by atoms with Gasteiger partial charge >= 0.3 is 6.18 Å². The number of thiophene rings is 1. The lowest BCUT2D eigenvalue weighted by molar-refractivity contribution is -0.141. The molecule has 1 aliphatic heterocycles. The molecule has 164 valence electrons. The van der Waals surface area contributed by atoms with Crippen molar-refractivity contribution in [2.75, 3.05) is 0 Å². The molecule has 3 aromatic rings. The highest BCUT2D eigenvalue weighted by Crippen LogP contribution is 2.47. The number of aromatic nitrogens is 2. The number of halogens is 4. The fraction of sp³-hybridized carbons (Fsp3) is 0.227. The minimum Gasteiger partial charge on any atom is -0.323 e. The number of carbonyl (C=O) groups excluding carboxylic acids is 1. The summed E-state index contributed by atoms with van der Waals surface area (Å²) in [7, 11) is 0. The molecule has 0 saturated carbocycles. The first-order chi connectivity index (χ1) is 15.2. The predicted molar refractivity (Wildman–Crippen MR) is 110 cm³/mol. The van der Waals surface area contributed by atoms with E-state index in [1.165, 1.54) is 28.4 Å². The molecule has 0 aliphatic carbocycles. The van der Waals surface area contributed by atoms with Gasteiger partial charge in [0.2, 0.25) is 5.91 Å². The van der Waals surface area contributed by atoms with E-state index >= 15 is 4.39 Å². The Kier molecular flexibility index (Phi) is 5.38. The van der Waals surface area contributed by atoms with E-state index in [1.54, 1.807) is 13.0 Å². The molecule has 0 spiro atoms. The van der Waals surface area contributed by atoms with Crippen molar-refractivity contribution in [2.24, 2.45) is 0 Å². The Hall–Kier alpha value is -3.45. The largest absolute Gasteiger partial charge is 0.435 e. The molecule has 1 aromatic carbocycles. The van der Waals surface area contributed by atoms with Gasteiger partial charge in [0.1, 0.15) is 16.8 Å². The molecule has 1 atom stereocenters. The van der Waals surface area contributed by atoms with Gasteiger partial charge in [0.15, 0.2) is 5.69 Å². The molecule has 4 rings (SSSR count). The Labute approximate surface area is 184 Å². The van der Waals surface area contributed by atoms with E-state index in [0.29, 0.717) is 10.4 Å². The van der Waals surface area contributed by atoms with Crippen LogP contribution >= 0.6 is 11.3 Å². The van der Waals surface area contributed by atoms with Crippen LogP contribution in [0.2, 0.25) is 0 Å². The van der Waals surface area contributed by atoms with Crippen molar-refractivity contribution in [3.8, 4) is 17.2 Å². The maximum Gasteiger partial charge on any atom is 0.435 e. The number of hydrogen-bond acceptors (Lipinski definition) is 4. The number of rotatable bonds is 4. The number of nitriles is 1. The van der Waals surface area contributed by atoms with E-state index in [4.69, 9.17) is 0 Å². The predicted octanol–water partition coefficient (Wildman–Crippen LogP) is 5.28. The molecule has 0 N–H and O–H groups in total. The lowest BCUT2D eigenvalue weighted by atomic mass is 9.91. The second-order valence-electron chi connectivity index (χ2n) is 7.12. The van der Waals surface area contributed by atoms with Gasteiger partial charge in [0.05, 0.1) is 12.6 Å². The Morgan fingerprint density at radius 3 is 2.78 bits per heavy atom. The van der Waals surface area contributed by atoms with Gasteiger partial charge < -0.3 is 4.90 Å². The summed E-state index contributed by atoms with van der Waals surface area (Å²) in [5.74, 6) is -1.31. The van der Waals surface area contributed by atoms with Crippen LogP contribution in [0.4, 0.5) is 17.6 Å². The van der Waals surface area contributed by atoms with E-state index in [0.717, 1.165) is 27.9 Å². The Bertz CT molecular complexity index is 1270. The highest BCUT2D eigenvalue weighted by molar-refractivity contribution is 7.12. The minimum absolute atomic E-state index is 0.146. The zero-order valence-corrected chi connectivity index (χ0v) is 17.6. The summed E-state index contributed by atoms with van der Waals surface area (Å²) in [5, 5.41) is 12.9. The first-order valence-electron chi connectivity index (χ1n) is 9.58. The highest BCUT2D eigenvalue weighted by atomic mass is 32.1. The lowest BCUT2D eigenvalue weighted by Crippen LogP contribution is -2.29. The zero-order valence-electron chi connectivity index (χ0n) is 16.8. The Morgan fingerprint density at radius 1 is 1.41 bits per heavy atom. The molecule has 0 saturated heterocycles. The van der Waals surface area contributed by atoms with E-state index < -0.39 is 35.2 Å². The minimum atomic E-state index is -4.80. The Balaban J connectivity index is 1.99. The standard InChI is InChI=1S/C22H16F4N4OS/c1-3-18(31)30-11-17-14(8-12(9-27)32-17)20(30)13-6-5-7-16(23)19(13)15-10-29(4-2)28-21(15)22(24,25)26/h3,5-8,10,20H,1,4,11H2,2H3/t20-/m0/s1. The van der Waals surface area contributed by atoms with Crippen LogP contribution in [0.5, 0.6) is 0 Å². The van der Waals surface area contributed by atoms with Gasteiger partial charge in [-0.2, -0.15) is 23.5 Å². The van der Waals surface area contributed by atoms with Crippen molar-refractivity contribution >= 4 is 17.2 Å². The van der Waals surface area contributed by atoms with Crippen molar-refractivity contribution in [1.29, 1.82) is 5.26 Å². The highest BCUT2D eigenvalue weighted by Gasteiger charge is 2.41. The summed E-state index contributed by atoms with van der Waals surface area (Å²) in [6, 6.07) is 6.72. The van der Waals surface area contributed by atoms with Crippen LogP contribution in [0.1, 0.15) is 39.5 Å². The van der Waals surface area contributed by atoms with Crippen molar-refractivity contribution in [1.82, 2.24) is 14.7 Å². The van der Waals surface area contributed by atoms with Crippen molar-refractivity contribution in [3.05, 3.63) is 75.5 Å². The van der Waals surface area contributed by atoms with Crippen LogP contribution in [0.15, 0.2) is 43.1 Å². The summed E-state index contributed by atoms with van der Waals surface area (Å²) < 4.78 is 57.5. The van der Waals surface area contributed by atoms with Gasteiger partial charge in [-0.15, -0.1) is 11.3 Å². The normalized spacial score (nSPS) is 15.5. The monoisotopic (exact) mass is 460 g/mol. The molecule has 10 heteroatoms. The van der Waals surface area contributed by atoms with Crippen LogP contribution in [0.3, 0.4) is 0 Å². The van der Waals surface area contributed by atoms with Crippen LogP contribution < -0.4 is 0 Å². The first-order valence-corrected chi connectivity index (χ1v) is 10.4. The molecule has 3 heterocycles. The molecule has 2 aromatic heterocycles. The molecule has 0 radical (unpaired) electrons. The second-order valence-corrected chi connectivity index (χ2v) is 8.26. The van der Waals surface area contributed by atoms with Crippen LogP contribution in [0, 0.1) is 17.1 Å². The van der Waals surface area contributed by atoms with E-state index in [1.807, 2.05) is 6.07 Å². The summed E-state index contributed by atoms with van der Waals surface area (Å²) >= 11 is 1.19. The molecule has 5 nitrogen and oxygen atoms in total. The fourth-order valence-corrected chi connectivity index (χ4v) is 4.94. The number of carbonyl (C=O) groups is 1. The average Bonchev–Trinajstić information content (AvgIpc) is 3.44. The smallest absolute Gasteiger partial charge is 0.323 e. The number of amides is 1. The molecule has 1 aliphatic rings. The summed E-state index contributed by atoms with van der Waals surface area (Å²) in [6.07, 6.45) is -2.54. The van der Waals surface area contributed by atoms with Crippen LogP contribution in [-0.2, 0) is 24.1 Å². The van der Waals surface area contributed by atoms with E-state index in [9.17, 15) is 23.2 Å². The summed E-state index contributed by atoms with van der Waals surface area (Å²) in [4.78, 5) is 15.1.